The second-order valence-electron chi connectivity index (χ2n) is 4.11. The molecule has 21 heavy (non-hydrogen) atoms. The summed E-state index contributed by atoms with van der Waals surface area (Å²) in [6, 6.07) is 0.0106. The van der Waals surface area contributed by atoms with Crippen LogP contribution in [0.25, 0.3) is 5.53 Å². The van der Waals surface area contributed by atoms with Crippen LogP contribution >= 0.6 is 0 Å². The molecule has 0 radical (unpaired) electrons. The number of ketones is 1. The van der Waals surface area contributed by atoms with Crippen molar-refractivity contribution in [3.8, 4) is 0 Å². The molecule has 1 aromatic rings. The summed E-state index contributed by atoms with van der Waals surface area (Å²) in [6.07, 6.45) is 1.04. The first-order valence-electron chi connectivity index (χ1n) is 5.89. The number of nitrogens with one attached hydrogen (secondary N) is 1. The number of carbonyl (C=O) groups excluding carboxylic acids is 2. The number of rotatable bonds is 8. The molecule has 1 amide bonds. The van der Waals surface area contributed by atoms with Gasteiger partial charge in [-0.2, -0.15) is 4.79 Å². The first-order chi connectivity index (χ1) is 9.95. The number of aliphatic hydroxyl groups excluding tert-OH is 1. The molecule has 0 aliphatic carbocycles. The lowest BCUT2D eigenvalue weighted by Gasteiger charge is -2.15. The van der Waals surface area contributed by atoms with Crippen LogP contribution in [0.1, 0.15) is 24.5 Å². The van der Waals surface area contributed by atoms with Gasteiger partial charge in [0.05, 0.1) is 12.5 Å². The number of aliphatic carboxylic acids is 1. The van der Waals surface area contributed by atoms with Gasteiger partial charge >= 0.3 is 12.2 Å². The third-order valence-corrected chi connectivity index (χ3v) is 2.60. The van der Waals surface area contributed by atoms with E-state index >= 15 is 0 Å². The van der Waals surface area contributed by atoms with Gasteiger partial charge in [-0.15, -0.1) is 0 Å². The predicted molar refractivity (Wildman–Crippen MR) is 67.2 cm³/mol. The summed E-state index contributed by atoms with van der Waals surface area (Å²) in [5.74, 6) is -2.86. The first-order valence-corrected chi connectivity index (χ1v) is 5.89. The number of carboxylic acids is 1. The van der Waals surface area contributed by atoms with Crippen LogP contribution in [-0.4, -0.2) is 44.9 Å². The van der Waals surface area contributed by atoms with Crippen molar-refractivity contribution in [2.75, 3.05) is 0 Å². The van der Waals surface area contributed by atoms with Crippen molar-refractivity contribution in [3.63, 3.8) is 0 Å². The Bertz CT molecular complexity index is 562. The Kier molecular flexibility index (Phi) is 5.99. The number of nitrogens with zero attached hydrogens (tertiary/aromatic N) is 2. The standard InChI is InChI=1S/C12H13N3O6/c13-14-5-8(16)1-2-9(12(19)20)15-11(18)10(17)7-3-4-21-6-7/h3-6,9-10,17H,1-2H2,(H,15,18)(H,19,20)/t9-,10+/m0/s1. The zero-order chi connectivity index (χ0) is 15.8. The van der Waals surface area contributed by atoms with Gasteiger partial charge in [0.2, 0.25) is 5.78 Å². The molecule has 0 aliphatic rings. The normalized spacial score (nSPS) is 12.8. The van der Waals surface area contributed by atoms with Gasteiger partial charge in [0.25, 0.3) is 5.91 Å². The van der Waals surface area contributed by atoms with E-state index in [0.29, 0.717) is 6.21 Å². The van der Waals surface area contributed by atoms with Crippen molar-refractivity contribution in [1.82, 2.24) is 5.32 Å². The van der Waals surface area contributed by atoms with Gasteiger partial charge in [-0.1, -0.05) is 0 Å². The SMILES string of the molecule is [N-]=[N+]=CC(=O)CC[C@H](NC(=O)[C@H](O)c1ccoc1)C(=O)O. The second-order valence-corrected chi connectivity index (χ2v) is 4.11. The fourth-order valence-corrected chi connectivity index (χ4v) is 1.51. The summed E-state index contributed by atoms with van der Waals surface area (Å²) in [4.78, 5) is 36.3. The topological polar surface area (TPSA) is 153 Å². The minimum Gasteiger partial charge on any atom is -0.480 e. The molecule has 0 bridgehead atoms. The number of furan rings is 1. The lowest BCUT2D eigenvalue weighted by molar-refractivity contribution is -0.143. The fraction of sp³-hybridized carbons (Fsp3) is 0.333. The highest BCUT2D eigenvalue weighted by molar-refractivity contribution is 6.25. The number of hydrogen-bond donors (Lipinski definition) is 3. The summed E-state index contributed by atoms with van der Waals surface area (Å²) in [5.41, 5.74) is 8.34. The molecule has 0 spiro atoms. The van der Waals surface area contributed by atoms with Crippen LogP contribution in [0, 0.1) is 0 Å². The maximum Gasteiger partial charge on any atom is 0.326 e. The number of carboxylic acid groups (broad SMARTS) is 1. The molecular weight excluding hydrogens is 282 g/mol. The molecule has 3 N–H and O–H groups in total. The maximum atomic E-state index is 11.7. The van der Waals surface area contributed by atoms with Crippen molar-refractivity contribution in [3.05, 3.63) is 29.7 Å². The molecule has 9 nitrogen and oxygen atoms in total. The second kappa shape index (κ2) is 7.73. The van der Waals surface area contributed by atoms with E-state index in [1.807, 2.05) is 0 Å². The molecule has 0 saturated carbocycles. The van der Waals surface area contributed by atoms with E-state index < -0.39 is 29.8 Å². The lowest BCUT2D eigenvalue weighted by Crippen LogP contribution is -2.43. The Morgan fingerprint density at radius 1 is 1.48 bits per heavy atom. The van der Waals surface area contributed by atoms with Crippen LogP contribution in [0.4, 0.5) is 0 Å². The highest BCUT2D eigenvalue weighted by atomic mass is 16.4. The number of aliphatic hydroxyl groups is 1. The van der Waals surface area contributed by atoms with E-state index in [4.69, 9.17) is 15.1 Å². The molecule has 1 heterocycles. The zero-order valence-electron chi connectivity index (χ0n) is 10.8. The Morgan fingerprint density at radius 2 is 2.19 bits per heavy atom. The highest BCUT2D eigenvalue weighted by Crippen LogP contribution is 2.13. The Labute approximate surface area is 118 Å². The molecule has 1 rings (SSSR count). The minimum absolute atomic E-state index is 0.181. The van der Waals surface area contributed by atoms with Crippen LogP contribution in [0.3, 0.4) is 0 Å². The maximum absolute atomic E-state index is 11.7. The van der Waals surface area contributed by atoms with E-state index in [1.54, 1.807) is 0 Å². The summed E-state index contributed by atoms with van der Waals surface area (Å²) in [5, 5.41) is 20.8. The van der Waals surface area contributed by atoms with E-state index in [0.717, 1.165) is 6.26 Å². The van der Waals surface area contributed by atoms with Gasteiger partial charge in [0.15, 0.2) is 6.10 Å². The molecule has 2 atom stereocenters. The molecule has 0 fully saturated rings. The van der Waals surface area contributed by atoms with Gasteiger partial charge in [0, 0.05) is 12.0 Å². The molecule has 1 aromatic heterocycles. The average molecular weight is 295 g/mol. The Morgan fingerprint density at radius 3 is 2.71 bits per heavy atom. The van der Waals surface area contributed by atoms with Gasteiger partial charge in [0.1, 0.15) is 6.04 Å². The monoisotopic (exact) mass is 295 g/mol. The highest BCUT2D eigenvalue weighted by Gasteiger charge is 2.26. The van der Waals surface area contributed by atoms with Gasteiger partial charge in [-0.25, -0.2) is 4.79 Å². The number of hydrogen-bond acceptors (Lipinski definition) is 5. The van der Waals surface area contributed by atoms with Crippen molar-refractivity contribution < 1.29 is 33.8 Å². The molecular formula is C12H13N3O6. The third-order valence-electron chi connectivity index (χ3n) is 2.60. The molecule has 112 valence electrons. The largest absolute Gasteiger partial charge is 0.480 e. The quantitative estimate of drug-likeness (QED) is 0.335. The molecule has 9 heteroatoms. The van der Waals surface area contributed by atoms with Crippen LogP contribution in [0.15, 0.2) is 23.0 Å². The van der Waals surface area contributed by atoms with Crippen LogP contribution < -0.4 is 5.32 Å². The number of amides is 1. The lowest BCUT2D eigenvalue weighted by atomic mass is 10.1. The average Bonchev–Trinajstić information content (AvgIpc) is 2.96. The first kappa shape index (κ1) is 16.3. The zero-order valence-corrected chi connectivity index (χ0v) is 10.8. The molecule has 0 aliphatic heterocycles. The summed E-state index contributed by atoms with van der Waals surface area (Å²) >= 11 is 0. The van der Waals surface area contributed by atoms with E-state index in [9.17, 15) is 19.5 Å². The number of Topliss-reactive ketones (excluding diaryl/α,β-unsaturated/α-hetero) is 1. The van der Waals surface area contributed by atoms with E-state index in [-0.39, 0.29) is 18.4 Å². The number of carbonyl (C=O) groups is 3. The predicted octanol–water partition coefficient (Wildman–Crippen LogP) is -0.468. The third kappa shape index (κ3) is 5.01. The van der Waals surface area contributed by atoms with Crippen LogP contribution in [0.5, 0.6) is 0 Å². The van der Waals surface area contributed by atoms with Crippen molar-refractivity contribution in [2.45, 2.75) is 25.0 Å². The minimum atomic E-state index is -1.57. The Balaban J connectivity index is 2.61. The summed E-state index contributed by atoms with van der Waals surface area (Å²) in [7, 11) is 0. The van der Waals surface area contributed by atoms with Crippen molar-refractivity contribution in [2.24, 2.45) is 0 Å². The van der Waals surface area contributed by atoms with Crippen molar-refractivity contribution >= 4 is 23.9 Å². The van der Waals surface area contributed by atoms with Crippen LogP contribution in [-0.2, 0) is 14.4 Å². The van der Waals surface area contributed by atoms with Gasteiger partial charge < -0.3 is 25.5 Å². The van der Waals surface area contributed by atoms with E-state index in [1.165, 1.54) is 12.3 Å². The summed E-state index contributed by atoms with van der Waals surface area (Å²) in [6.45, 7) is 0. The van der Waals surface area contributed by atoms with E-state index in [2.05, 4.69) is 10.1 Å². The smallest absolute Gasteiger partial charge is 0.326 e. The van der Waals surface area contributed by atoms with Crippen molar-refractivity contribution in [1.29, 1.82) is 0 Å². The molecule has 0 saturated heterocycles. The van der Waals surface area contributed by atoms with Gasteiger partial charge in [-0.05, 0) is 12.5 Å². The molecule has 0 aromatic carbocycles. The van der Waals surface area contributed by atoms with Gasteiger partial charge in [-0.3, -0.25) is 9.59 Å². The Hall–Kier alpha value is -2.77. The molecule has 0 unspecified atom stereocenters. The fourth-order valence-electron chi connectivity index (χ4n) is 1.51. The van der Waals surface area contributed by atoms with Crippen LogP contribution in [0.2, 0.25) is 0 Å². The summed E-state index contributed by atoms with van der Waals surface area (Å²) < 4.78 is 4.70.